The van der Waals surface area contributed by atoms with Crippen LogP contribution in [0.2, 0.25) is 0 Å². The van der Waals surface area contributed by atoms with Crippen molar-refractivity contribution in [1.82, 2.24) is 5.32 Å². The third-order valence-corrected chi connectivity index (χ3v) is 4.42. The summed E-state index contributed by atoms with van der Waals surface area (Å²) in [6, 6.07) is 8.74. The van der Waals surface area contributed by atoms with Crippen LogP contribution in [0.4, 0.5) is 0 Å². The molecule has 18 heavy (non-hydrogen) atoms. The normalized spacial score (nSPS) is 25.3. The molecule has 1 aromatic rings. The van der Waals surface area contributed by atoms with Crippen LogP contribution >= 0.6 is 0 Å². The van der Waals surface area contributed by atoms with Crippen LogP contribution in [-0.4, -0.2) is 12.1 Å². The molecule has 1 saturated carbocycles. The first kappa shape index (κ1) is 12.0. The van der Waals surface area contributed by atoms with Gasteiger partial charge in [-0.05, 0) is 38.8 Å². The van der Waals surface area contributed by atoms with Gasteiger partial charge in [0.15, 0.2) is 0 Å². The molecule has 3 rings (SSSR count). The number of benzene rings is 1. The summed E-state index contributed by atoms with van der Waals surface area (Å²) in [7, 11) is 0. The Bertz CT molecular complexity index is 423. The van der Waals surface area contributed by atoms with Crippen molar-refractivity contribution >= 4 is 0 Å². The van der Waals surface area contributed by atoms with E-state index < -0.39 is 0 Å². The summed E-state index contributed by atoms with van der Waals surface area (Å²) in [6.45, 7) is 5.46. The first-order valence-corrected chi connectivity index (χ1v) is 7.18. The molecular formula is C16H23NO. The van der Waals surface area contributed by atoms with Gasteiger partial charge in [-0.2, -0.15) is 0 Å². The Hall–Kier alpha value is -1.02. The van der Waals surface area contributed by atoms with Gasteiger partial charge < -0.3 is 10.1 Å². The number of para-hydroxylation sites is 1. The van der Waals surface area contributed by atoms with Crippen LogP contribution in [0.1, 0.15) is 51.1 Å². The number of hydrogen-bond donors (Lipinski definition) is 1. The molecule has 0 saturated heterocycles. The van der Waals surface area contributed by atoms with Gasteiger partial charge in [0.2, 0.25) is 0 Å². The van der Waals surface area contributed by atoms with Gasteiger partial charge in [0, 0.05) is 5.56 Å². The number of fused-ring (bicyclic) bond motifs is 1. The minimum Gasteiger partial charge on any atom is -0.486 e. The van der Waals surface area contributed by atoms with Gasteiger partial charge in [-0.25, -0.2) is 0 Å². The number of rotatable bonds is 4. The van der Waals surface area contributed by atoms with E-state index in [4.69, 9.17) is 4.74 Å². The molecule has 0 radical (unpaired) electrons. The molecule has 1 N–H and O–H groups in total. The zero-order chi connectivity index (χ0) is 12.6. The SMILES string of the molecule is CC1(C)Oc2ccccc2C1NCCC1CCC1. The van der Waals surface area contributed by atoms with E-state index >= 15 is 0 Å². The molecular weight excluding hydrogens is 222 g/mol. The maximum absolute atomic E-state index is 6.04. The van der Waals surface area contributed by atoms with Crippen LogP contribution in [0.15, 0.2) is 24.3 Å². The van der Waals surface area contributed by atoms with E-state index in [1.807, 2.05) is 6.07 Å². The Kier molecular flexibility index (Phi) is 3.06. The molecule has 1 aromatic carbocycles. The van der Waals surface area contributed by atoms with E-state index in [0.29, 0.717) is 6.04 Å². The highest BCUT2D eigenvalue weighted by atomic mass is 16.5. The first-order valence-electron chi connectivity index (χ1n) is 7.18. The molecule has 0 aromatic heterocycles. The van der Waals surface area contributed by atoms with Crippen molar-refractivity contribution in [1.29, 1.82) is 0 Å². The predicted molar refractivity (Wildman–Crippen MR) is 73.9 cm³/mol. The van der Waals surface area contributed by atoms with Crippen LogP contribution in [0.5, 0.6) is 5.75 Å². The molecule has 0 spiro atoms. The lowest BCUT2D eigenvalue weighted by molar-refractivity contribution is 0.0950. The quantitative estimate of drug-likeness (QED) is 0.873. The van der Waals surface area contributed by atoms with Gasteiger partial charge in [-0.3, -0.25) is 0 Å². The van der Waals surface area contributed by atoms with E-state index in [0.717, 1.165) is 18.2 Å². The highest BCUT2D eigenvalue weighted by molar-refractivity contribution is 5.42. The molecule has 1 unspecified atom stereocenters. The summed E-state index contributed by atoms with van der Waals surface area (Å²) in [4.78, 5) is 0. The van der Waals surface area contributed by atoms with Crippen LogP contribution < -0.4 is 10.1 Å². The molecule has 1 fully saturated rings. The second-order valence-electron chi connectivity index (χ2n) is 6.22. The molecule has 1 aliphatic heterocycles. The van der Waals surface area contributed by atoms with Crippen molar-refractivity contribution in [2.24, 2.45) is 5.92 Å². The maximum Gasteiger partial charge on any atom is 0.125 e. The van der Waals surface area contributed by atoms with E-state index in [2.05, 4.69) is 37.4 Å². The number of nitrogens with one attached hydrogen (secondary N) is 1. The summed E-state index contributed by atoms with van der Waals surface area (Å²) in [6.07, 6.45) is 5.62. The largest absolute Gasteiger partial charge is 0.486 e. The Labute approximate surface area is 110 Å². The van der Waals surface area contributed by atoms with Crippen molar-refractivity contribution in [3.63, 3.8) is 0 Å². The average molecular weight is 245 g/mol. The second kappa shape index (κ2) is 4.58. The summed E-state index contributed by atoms with van der Waals surface area (Å²) in [5.41, 5.74) is 1.18. The lowest BCUT2D eigenvalue weighted by atomic mass is 9.83. The smallest absolute Gasteiger partial charge is 0.125 e. The molecule has 1 heterocycles. The van der Waals surface area contributed by atoms with E-state index in [1.54, 1.807) is 0 Å². The molecule has 2 aliphatic rings. The third kappa shape index (κ3) is 2.14. The number of ether oxygens (including phenoxy) is 1. The van der Waals surface area contributed by atoms with Gasteiger partial charge in [0.1, 0.15) is 11.4 Å². The van der Waals surface area contributed by atoms with Crippen molar-refractivity contribution in [2.75, 3.05) is 6.54 Å². The fourth-order valence-corrected chi connectivity index (χ4v) is 3.10. The van der Waals surface area contributed by atoms with Crippen LogP contribution in [-0.2, 0) is 0 Å². The standard InChI is InChI=1S/C16H23NO/c1-16(2)15(17-11-10-12-6-5-7-12)13-8-3-4-9-14(13)18-16/h3-4,8-9,12,15,17H,5-7,10-11H2,1-2H3. The lowest BCUT2D eigenvalue weighted by Gasteiger charge is -2.30. The molecule has 2 heteroatoms. The molecule has 0 bridgehead atoms. The minimum absolute atomic E-state index is 0.136. The zero-order valence-corrected chi connectivity index (χ0v) is 11.4. The first-order chi connectivity index (χ1) is 8.67. The van der Waals surface area contributed by atoms with Crippen molar-refractivity contribution in [2.45, 2.75) is 51.2 Å². The molecule has 98 valence electrons. The van der Waals surface area contributed by atoms with Crippen molar-refractivity contribution < 1.29 is 4.74 Å². The van der Waals surface area contributed by atoms with Gasteiger partial charge in [-0.15, -0.1) is 0 Å². The second-order valence-corrected chi connectivity index (χ2v) is 6.22. The lowest BCUT2D eigenvalue weighted by Crippen LogP contribution is -2.40. The average Bonchev–Trinajstić information content (AvgIpc) is 2.52. The van der Waals surface area contributed by atoms with Crippen LogP contribution in [0, 0.1) is 5.92 Å². The fourth-order valence-electron chi connectivity index (χ4n) is 3.10. The topological polar surface area (TPSA) is 21.3 Å². The monoisotopic (exact) mass is 245 g/mol. The van der Waals surface area contributed by atoms with Crippen LogP contribution in [0.25, 0.3) is 0 Å². The van der Waals surface area contributed by atoms with E-state index in [-0.39, 0.29) is 5.60 Å². The Morgan fingerprint density at radius 1 is 1.28 bits per heavy atom. The highest BCUT2D eigenvalue weighted by Crippen LogP contribution is 2.42. The molecule has 0 amide bonds. The Morgan fingerprint density at radius 3 is 2.78 bits per heavy atom. The summed E-state index contributed by atoms with van der Waals surface area (Å²) in [5, 5.41) is 3.70. The Morgan fingerprint density at radius 2 is 2.06 bits per heavy atom. The van der Waals surface area contributed by atoms with Gasteiger partial charge in [-0.1, -0.05) is 37.5 Å². The van der Waals surface area contributed by atoms with Crippen LogP contribution in [0.3, 0.4) is 0 Å². The van der Waals surface area contributed by atoms with Crippen molar-refractivity contribution in [3.8, 4) is 5.75 Å². The van der Waals surface area contributed by atoms with Gasteiger partial charge in [0.05, 0.1) is 6.04 Å². The maximum atomic E-state index is 6.04. The predicted octanol–water partition coefficient (Wildman–Crippen LogP) is 3.68. The zero-order valence-electron chi connectivity index (χ0n) is 11.4. The fraction of sp³-hybridized carbons (Fsp3) is 0.625. The minimum atomic E-state index is -0.136. The highest BCUT2D eigenvalue weighted by Gasteiger charge is 2.40. The van der Waals surface area contributed by atoms with E-state index in [1.165, 1.54) is 31.2 Å². The van der Waals surface area contributed by atoms with Crippen molar-refractivity contribution in [3.05, 3.63) is 29.8 Å². The van der Waals surface area contributed by atoms with Gasteiger partial charge >= 0.3 is 0 Å². The third-order valence-electron chi connectivity index (χ3n) is 4.42. The van der Waals surface area contributed by atoms with Gasteiger partial charge in [0.25, 0.3) is 0 Å². The molecule has 1 atom stereocenters. The summed E-state index contributed by atoms with van der Waals surface area (Å²) < 4.78 is 6.04. The molecule has 1 aliphatic carbocycles. The Balaban J connectivity index is 1.65. The summed E-state index contributed by atoms with van der Waals surface area (Å²) in [5.74, 6) is 2.02. The van der Waals surface area contributed by atoms with E-state index in [9.17, 15) is 0 Å². The molecule has 2 nitrogen and oxygen atoms in total. The summed E-state index contributed by atoms with van der Waals surface area (Å²) >= 11 is 0. The number of hydrogen-bond acceptors (Lipinski definition) is 2.